The minimum absolute atomic E-state index is 0.0674. The molecule has 0 spiro atoms. The lowest BCUT2D eigenvalue weighted by molar-refractivity contribution is -0.122. The van der Waals surface area contributed by atoms with E-state index in [1.165, 1.54) is 5.56 Å². The van der Waals surface area contributed by atoms with Crippen LogP contribution in [0.4, 0.5) is 0 Å². The van der Waals surface area contributed by atoms with Crippen LogP contribution in [-0.2, 0) is 17.8 Å². The van der Waals surface area contributed by atoms with Gasteiger partial charge in [0.15, 0.2) is 5.65 Å². The predicted octanol–water partition coefficient (Wildman–Crippen LogP) is 3.58. The summed E-state index contributed by atoms with van der Waals surface area (Å²) in [7, 11) is 0. The van der Waals surface area contributed by atoms with Gasteiger partial charge in [-0.1, -0.05) is 0 Å². The Hall–Kier alpha value is -2.80. The van der Waals surface area contributed by atoms with Crippen molar-refractivity contribution in [3.05, 3.63) is 58.8 Å². The third-order valence-corrected chi connectivity index (χ3v) is 6.15. The standard InChI is InChI=1S/C25H34N6O/c1-17-21(6-7-24(32)28-25(3,4)5)18(2)31-23(27-17)14-22(29-31)20-10-13-30(16-20)15-19-8-11-26-12-9-19/h8-9,11-12,14,20H,6-7,10,13,15-16H2,1-5H3,(H,28,32)/t20-/m1/s1. The van der Waals surface area contributed by atoms with Gasteiger partial charge >= 0.3 is 0 Å². The van der Waals surface area contributed by atoms with Crippen molar-refractivity contribution in [2.75, 3.05) is 13.1 Å². The Morgan fingerprint density at radius 2 is 1.97 bits per heavy atom. The molecule has 170 valence electrons. The third kappa shape index (κ3) is 5.15. The van der Waals surface area contributed by atoms with E-state index >= 15 is 0 Å². The van der Waals surface area contributed by atoms with E-state index in [0.29, 0.717) is 18.8 Å². The van der Waals surface area contributed by atoms with Crippen LogP contribution in [0.3, 0.4) is 0 Å². The molecule has 1 aliphatic heterocycles. The van der Waals surface area contributed by atoms with Crippen molar-refractivity contribution in [1.29, 1.82) is 0 Å². The Bertz CT molecular complexity index is 1100. The van der Waals surface area contributed by atoms with Gasteiger partial charge in [0.2, 0.25) is 5.91 Å². The number of hydrogen-bond acceptors (Lipinski definition) is 5. The Balaban J connectivity index is 1.47. The van der Waals surface area contributed by atoms with Crippen LogP contribution >= 0.6 is 0 Å². The first-order chi connectivity index (χ1) is 15.2. The lowest BCUT2D eigenvalue weighted by atomic mass is 10.0. The van der Waals surface area contributed by atoms with Crippen LogP contribution in [0.25, 0.3) is 5.65 Å². The van der Waals surface area contributed by atoms with Crippen LogP contribution in [0.2, 0.25) is 0 Å². The third-order valence-electron chi connectivity index (χ3n) is 6.15. The molecule has 1 aliphatic rings. The van der Waals surface area contributed by atoms with Crippen LogP contribution in [0.1, 0.15) is 67.7 Å². The number of carbonyl (C=O) groups is 1. The molecule has 0 aromatic carbocycles. The zero-order valence-corrected chi connectivity index (χ0v) is 19.9. The van der Waals surface area contributed by atoms with Crippen LogP contribution in [0.15, 0.2) is 30.6 Å². The molecule has 3 aromatic heterocycles. The first kappa shape index (κ1) is 22.4. The quantitative estimate of drug-likeness (QED) is 0.642. The van der Waals surface area contributed by atoms with Crippen molar-refractivity contribution in [1.82, 2.24) is 29.8 Å². The number of pyridine rings is 1. The van der Waals surface area contributed by atoms with Gasteiger partial charge < -0.3 is 5.32 Å². The minimum Gasteiger partial charge on any atom is -0.351 e. The van der Waals surface area contributed by atoms with Crippen molar-refractivity contribution in [2.45, 2.75) is 71.9 Å². The van der Waals surface area contributed by atoms with Gasteiger partial charge in [0.25, 0.3) is 0 Å². The fourth-order valence-electron chi connectivity index (χ4n) is 4.59. The number of carbonyl (C=O) groups excluding carboxylic acids is 1. The van der Waals surface area contributed by atoms with Crippen molar-refractivity contribution in [3.63, 3.8) is 0 Å². The molecular weight excluding hydrogens is 400 g/mol. The summed E-state index contributed by atoms with van der Waals surface area (Å²) in [5.74, 6) is 0.483. The number of aryl methyl sites for hydroxylation is 2. The molecule has 1 fully saturated rings. The molecule has 4 heterocycles. The molecule has 0 radical (unpaired) electrons. The summed E-state index contributed by atoms with van der Waals surface area (Å²) >= 11 is 0. The summed E-state index contributed by atoms with van der Waals surface area (Å²) in [5.41, 5.74) is 6.26. The topological polar surface area (TPSA) is 75.4 Å². The van der Waals surface area contributed by atoms with Gasteiger partial charge in [-0.05, 0) is 77.3 Å². The molecule has 0 saturated carbocycles. The van der Waals surface area contributed by atoms with Gasteiger partial charge in [0.1, 0.15) is 0 Å². The molecular formula is C25H34N6O. The maximum Gasteiger partial charge on any atom is 0.220 e. The maximum atomic E-state index is 12.3. The van der Waals surface area contributed by atoms with Gasteiger partial charge in [-0.15, -0.1) is 0 Å². The number of fused-ring (bicyclic) bond motifs is 1. The van der Waals surface area contributed by atoms with E-state index in [9.17, 15) is 4.79 Å². The molecule has 1 amide bonds. The van der Waals surface area contributed by atoms with E-state index in [0.717, 1.165) is 54.3 Å². The lowest BCUT2D eigenvalue weighted by Crippen LogP contribution is -2.40. The Kier molecular flexibility index (Phi) is 6.29. The smallest absolute Gasteiger partial charge is 0.220 e. The molecule has 1 atom stereocenters. The zero-order valence-electron chi connectivity index (χ0n) is 19.9. The predicted molar refractivity (Wildman–Crippen MR) is 126 cm³/mol. The van der Waals surface area contributed by atoms with E-state index in [1.807, 2.05) is 44.6 Å². The van der Waals surface area contributed by atoms with Gasteiger partial charge in [0, 0.05) is 60.8 Å². The second kappa shape index (κ2) is 8.98. The average Bonchev–Trinajstić information content (AvgIpc) is 3.34. The van der Waals surface area contributed by atoms with Crippen molar-refractivity contribution >= 4 is 11.6 Å². The normalized spacial score (nSPS) is 17.2. The molecule has 32 heavy (non-hydrogen) atoms. The Morgan fingerprint density at radius 3 is 2.69 bits per heavy atom. The minimum atomic E-state index is -0.215. The van der Waals surface area contributed by atoms with E-state index in [-0.39, 0.29) is 11.4 Å². The fourth-order valence-corrected chi connectivity index (χ4v) is 4.59. The number of nitrogens with zero attached hydrogens (tertiary/aromatic N) is 5. The number of amides is 1. The Labute approximate surface area is 190 Å². The van der Waals surface area contributed by atoms with E-state index in [2.05, 4.69) is 40.3 Å². The summed E-state index contributed by atoms with van der Waals surface area (Å²) in [5, 5.41) is 7.98. The highest BCUT2D eigenvalue weighted by molar-refractivity contribution is 5.77. The summed E-state index contributed by atoms with van der Waals surface area (Å²) in [6.45, 7) is 13.1. The SMILES string of the molecule is Cc1nc2cc([C@@H]3CCN(Cc4ccncc4)C3)nn2c(C)c1CCC(=O)NC(C)(C)C. The maximum absolute atomic E-state index is 12.3. The van der Waals surface area contributed by atoms with Crippen LogP contribution in [0.5, 0.6) is 0 Å². The second-order valence-electron chi connectivity index (χ2n) is 9.97. The van der Waals surface area contributed by atoms with Gasteiger partial charge in [-0.25, -0.2) is 9.50 Å². The lowest BCUT2D eigenvalue weighted by Gasteiger charge is -2.20. The van der Waals surface area contributed by atoms with Crippen LogP contribution < -0.4 is 5.32 Å². The molecule has 7 nitrogen and oxygen atoms in total. The summed E-state index contributed by atoms with van der Waals surface area (Å²) < 4.78 is 1.96. The average molecular weight is 435 g/mol. The van der Waals surface area contributed by atoms with Gasteiger partial charge in [0.05, 0.1) is 5.69 Å². The van der Waals surface area contributed by atoms with Crippen molar-refractivity contribution in [2.24, 2.45) is 0 Å². The van der Waals surface area contributed by atoms with Gasteiger partial charge in [-0.3, -0.25) is 14.7 Å². The second-order valence-corrected chi connectivity index (χ2v) is 9.97. The number of rotatable bonds is 6. The number of nitrogens with one attached hydrogen (secondary N) is 1. The highest BCUT2D eigenvalue weighted by atomic mass is 16.1. The monoisotopic (exact) mass is 434 g/mol. The van der Waals surface area contributed by atoms with Crippen LogP contribution in [-0.4, -0.2) is 49.0 Å². The highest BCUT2D eigenvalue weighted by Crippen LogP contribution is 2.29. The summed E-state index contributed by atoms with van der Waals surface area (Å²) in [6.07, 6.45) is 5.93. The molecule has 0 unspecified atom stereocenters. The Morgan fingerprint density at radius 1 is 1.22 bits per heavy atom. The molecule has 7 heteroatoms. The molecule has 1 saturated heterocycles. The highest BCUT2D eigenvalue weighted by Gasteiger charge is 2.27. The molecule has 0 bridgehead atoms. The first-order valence-corrected chi connectivity index (χ1v) is 11.5. The fraction of sp³-hybridized carbons (Fsp3) is 0.520. The largest absolute Gasteiger partial charge is 0.351 e. The van der Waals surface area contributed by atoms with E-state index in [1.54, 1.807) is 0 Å². The van der Waals surface area contributed by atoms with Crippen molar-refractivity contribution < 1.29 is 4.79 Å². The number of likely N-dealkylation sites (tertiary alicyclic amines) is 1. The number of hydrogen-bond donors (Lipinski definition) is 1. The molecule has 0 aliphatic carbocycles. The molecule has 4 rings (SSSR count). The molecule has 1 N–H and O–H groups in total. The zero-order chi connectivity index (χ0) is 22.9. The number of aromatic nitrogens is 4. The van der Waals surface area contributed by atoms with E-state index in [4.69, 9.17) is 10.1 Å². The van der Waals surface area contributed by atoms with Gasteiger partial charge in [-0.2, -0.15) is 5.10 Å². The summed E-state index contributed by atoms with van der Waals surface area (Å²) in [6, 6.07) is 6.30. The van der Waals surface area contributed by atoms with Crippen LogP contribution in [0, 0.1) is 13.8 Å². The molecule has 3 aromatic rings. The van der Waals surface area contributed by atoms with E-state index < -0.39 is 0 Å². The van der Waals surface area contributed by atoms with Crippen molar-refractivity contribution in [3.8, 4) is 0 Å². The summed E-state index contributed by atoms with van der Waals surface area (Å²) in [4.78, 5) is 23.7. The first-order valence-electron chi connectivity index (χ1n) is 11.5.